The van der Waals surface area contributed by atoms with E-state index in [1.165, 1.54) is 5.56 Å². The molecule has 1 saturated heterocycles. The second kappa shape index (κ2) is 5.45. The van der Waals surface area contributed by atoms with Crippen LogP contribution in [0.5, 0.6) is 0 Å². The summed E-state index contributed by atoms with van der Waals surface area (Å²) < 4.78 is 0. The molecule has 0 saturated carbocycles. The quantitative estimate of drug-likeness (QED) is 0.779. The average molecular weight is 318 g/mol. The van der Waals surface area contributed by atoms with E-state index < -0.39 is 5.41 Å². The molecule has 1 aromatic heterocycles. The van der Waals surface area contributed by atoms with Gasteiger partial charge in [0.25, 0.3) is 6.85 Å². The number of amides is 1. The highest BCUT2D eigenvalue weighted by atomic mass is 16.2. The number of carbonyl (C=O) groups excluding carboxylic acids is 1. The zero-order chi connectivity index (χ0) is 16.9. The number of carbonyl (C=O) groups is 1. The number of nitrogens with zero attached hydrogens (tertiary/aromatic N) is 4. The van der Waals surface area contributed by atoms with E-state index in [-0.39, 0.29) is 12.8 Å². The van der Waals surface area contributed by atoms with E-state index in [0.29, 0.717) is 0 Å². The number of benzene rings is 1. The zero-order valence-electron chi connectivity index (χ0n) is 14.4. The van der Waals surface area contributed by atoms with E-state index in [1.807, 2.05) is 36.0 Å². The van der Waals surface area contributed by atoms with Gasteiger partial charge in [-0.05, 0) is 19.3 Å². The number of aryl methyl sites for hydroxylation is 1. The lowest BCUT2D eigenvalue weighted by Crippen LogP contribution is -2.64. The van der Waals surface area contributed by atoms with Gasteiger partial charge in [-0.3, -0.25) is 4.79 Å². The van der Waals surface area contributed by atoms with Gasteiger partial charge in [0, 0.05) is 18.7 Å². The molecule has 0 unspecified atom stereocenters. The van der Waals surface area contributed by atoms with Gasteiger partial charge in [-0.2, -0.15) is 5.10 Å². The summed E-state index contributed by atoms with van der Waals surface area (Å²) in [5.74, 6) is 0.932. The smallest absolute Gasteiger partial charge is 0.267 e. The maximum Gasteiger partial charge on any atom is 0.267 e. The molecule has 120 valence electrons. The Morgan fingerprint density at radius 3 is 2.62 bits per heavy atom. The fourth-order valence-corrected chi connectivity index (χ4v) is 4.09. The SMILES string of the molecule is BN1CC2(C1)C(=O)N(B(C)Cc1ccccc1)c1nnc(C)cc12. The first-order chi connectivity index (χ1) is 11.5. The van der Waals surface area contributed by atoms with E-state index in [1.54, 1.807) is 0 Å². The lowest BCUT2D eigenvalue weighted by molar-refractivity contribution is -0.126. The number of anilines is 1. The molecular formula is C17H20B2N4O. The van der Waals surface area contributed by atoms with Crippen molar-refractivity contribution in [2.45, 2.75) is 25.5 Å². The molecule has 7 heteroatoms. The van der Waals surface area contributed by atoms with Gasteiger partial charge in [0.2, 0.25) is 5.91 Å². The van der Waals surface area contributed by atoms with Gasteiger partial charge >= 0.3 is 0 Å². The van der Waals surface area contributed by atoms with Crippen LogP contribution in [-0.2, 0) is 16.5 Å². The molecule has 0 aliphatic carbocycles. The Hall–Kier alpha value is -2.14. The number of rotatable bonds is 3. The second-order valence-electron chi connectivity index (χ2n) is 7.19. The Morgan fingerprint density at radius 2 is 1.96 bits per heavy atom. The highest BCUT2D eigenvalue weighted by Gasteiger charge is 2.58. The van der Waals surface area contributed by atoms with Crippen LogP contribution in [0.4, 0.5) is 5.82 Å². The van der Waals surface area contributed by atoms with E-state index in [4.69, 9.17) is 0 Å². The van der Waals surface area contributed by atoms with Crippen molar-refractivity contribution in [2.75, 3.05) is 17.9 Å². The summed E-state index contributed by atoms with van der Waals surface area (Å²) in [5, 5.41) is 8.60. The first kappa shape index (κ1) is 15.4. The molecule has 1 fully saturated rings. The fourth-order valence-electron chi connectivity index (χ4n) is 4.09. The summed E-state index contributed by atoms with van der Waals surface area (Å²) in [6, 6.07) is 12.3. The predicted octanol–water partition coefficient (Wildman–Crippen LogP) is 0.636. The summed E-state index contributed by atoms with van der Waals surface area (Å²) >= 11 is 0. The van der Waals surface area contributed by atoms with Crippen LogP contribution in [0.3, 0.4) is 0 Å². The third-order valence-corrected chi connectivity index (χ3v) is 5.16. The summed E-state index contributed by atoms with van der Waals surface area (Å²) in [4.78, 5) is 17.3. The van der Waals surface area contributed by atoms with Crippen LogP contribution in [0, 0.1) is 6.92 Å². The predicted molar refractivity (Wildman–Crippen MR) is 97.8 cm³/mol. The summed E-state index contributed by atoms with van der Waals surface area (Å²) in [5.41, 5.74) is 2.73. The number of fused-ring (bicyclic) bond motifs is 2. The molecule has 0 bridgehead atoms. The minimum Gasteiger partial charge on any atom is -0.346 e. The molecule has 2 aliphatic heterocycles. The number of aromatic nitrogens is 2. The third-order valence-electron chi connectivity index (χ3n) is 5.16. The Morgan fingerprint density at radius 1 is 1.25 bits per heavy atom. The van der Waals surface area contributed by atoms with Crippen molar-refractivity contribution in [1.29, 1.82) is 0 Å². The van der Waals surface area contributed by atoms with Crippen molar-refractivity contribution in [3.05, 3.63) is 53.2 Å². The highest BCUT2D eigenvalue weighted by molar-refractivity contribution is 6.67. The van der Waals surface area contributed by atoms with Crippen molar-refractivity contribution in [1.82, 2.24) is 15.0 Å². The molecule has 0 N–H and O–H groups in total. The maximum atomic E-state index is 13.3. The standard InChI is InChI=1S/C17H20B2N4O/c1-12-8-14-15(21-20-12)23(16(24)17(14)10-22(18)11-17)19(2)9-13-6-4-3-5-7-13/h3-8H,9-11,18H2,1-2H3. The van der Waals surface area contributed by atoms with E-state index in [9.17, 15) is 4.79 Å². The Balaban J connectivity index is 1.70. The summed E-state index contributed by atoms with van der Waals surface area (Å²) in [6.45, 7) is 5.61. The molecular weight excluding hydrogens is 298 g/mol. The van der Waals surface area contributed by atoms with Gasteiger partial charge in [0.05, 0.1) is 5.69 Å². The van der Waals surface area contributed by atoms with Gasteiger partial charge in [0.1, 0.15) is 11.2 Å². The molecule has 5 nitrogen and oxygen atoms in total. The topological polar surface area (TPSA) is 49.3 Å². The van der Waals surface area contributed by atoms with Gasteiger partial charge < -0.3 is 9.62 Å². The Labute approximate surface area is 143 Å². The Kier molecular flexibility index (Phi) is 3.49. The van der Waals surface area contributed by atoms with Crippen molar-refractivity contribution in [3.63, 3.8) is 0 Å². The monoisotopic (exact) mass is 318 g/mol. The Bertz CT molecular complexity index is 792. The van der Waals surface area contributed by atoms with Gasteiger partial charge in [0.15, 0.2) is 7.98 Å². The van der Waals surface area contributed by atoms with E-state index >= 15 is 0 Å². The maximum absolute atomic E-state index is 13.3. The first-order valence-electron chi connectivity index (χ1n) is 8.42. The van der Waals surface area contributed by atoms with Crippen LogP contribution < -0.4 is 4.81 Å². The first-order valence-corrected chi connectivity index (χ1v) is 8.42. The van der Waals surface area contributed by atoms with E-state index in [2.05, 4.69) is 41.9 Å². The number of hydrogen-bond donors (Lipinski definition) is 0. The molecule has 24 heavy (non-hydrogen) atoms. The minimum absolute atomic E-state index is 0.0564. The minimum atomic E-state index is -0.421. The van der Waals surface area contributed by atoms with Crippen LogP contribution in [0.1, 0.15) is 16.8 Å². The highest BCUT2D eigenvalue weighted by Crippen LogP contribution is 2.46. The van der Waals surface area contributed by atoms with Crippen molar-refractivity contribution < 1.29 is 4.79 Å². The summed E-state index contributed by atoms with van der Waals surface area (Å²) in [7, 11) is 2.05. The van der Waals surface area contributed by atoms with Crippen LogP contribution in [-0.4, -0.2) is 48.8 Å². The lowest BCUT2D eigenvalue weighted by atomic mass is 9.57. The fraction of sp³-hybridized carbons (Fsp3) is 0.353. The zero-order valence-corrected chi connectivity index (χ0v) is 14.4. The van der Waals surface area contributed by atoms with Crippen LogP contribution >= 0.6 is 0 Å². The van der Waals surface area contributed by atoms with Gasteiger partial charge in [-0.1, -0.05) is 42.7 Å². The second-order valence-corrected chi connectivity index (χ2v) is 7.19. The molecule has 3 heterocycles. The van der Waals surface area contributed by atoms with Crippen molar-refractivity contribution in [2.24, 2.45) is 0 Å². The third kappa shape index (κ3) is 2.18. The van der Waals surface area contributed by atoms with Crippen molar-refractivity contribution >= 4 is 26.6 Å². The van der Waals surface area contributed by atoms with Crippen LogP contribution in [0.2, 0.25) is 6.82 Å². The molecule has 0 atom stereocenters. The molecule has 4 rings (SSSR count). The van der Waals surface area contributed by atoms with Crippen LogP contribution in [0.15, 0.2) is 36.4 Å². The largest absolute Gasteiger partial charge is 0.346 e. The molecule has 2 aromatic rings. The normalized spacial score (nSPS) is 18.6. The molecule has 2 aliphatic rings. The average Bonchev–Trinajstić information content (AvgIpc) is 2.77. The van der Waals surface area contributed by atoms with Crippen molar-refractivity contribution in [3.8, 4) is 0 Å². The molecule has 1 spiro atoms. The van der Waals surface area contributed by atoms with Gasteiger partial charge in [-0.15, -0.1) is 5.10 Å². The molecule has 0 radical (unpaired) electrons. The van der Waals surface area contributed by atoms with Crippen LogP contribution in [0.25, 0.3) is 0 Å². The van der Waals surface area contributed by atoms with Gasteiger partial charge in [-0.25, -0.2) is 0 Å². The number of hydrogen-bond acceptors (Lipinski definition) is 4. The summed E-state index contributed by atoms with van der Waals surface area (Å²) in [6.07, 6.45) is 0.813. The molecule has 1 amide bonds. The molecule has 1 aromatic carbocycles. The lowest BCUT2D eigenvalue weighted by Gasteiger charge is -2.45. The van der Waals surface area contributed by atoms with E-state index in [0.717, 1.165) is 36.5 Å².